The molecular formula is C20H23N3O6. The van der Waals surface area contributed by atoms with Gasteiger partial charge < -0.3 is 14.8 Å². The molecule has 1 aromatic rings. The summed E-state index contributed by atoms with van der Waals surface area (Å²) in [5, 5.41) is 2.34. The number of anilines is 1. The van der Waals surface area contributed by atoms with Crippen LogP contribution in [0.1, 0.15) is 26.7 Å². The van der Waals surface area contributed by atoms with E-state index in [1.165, 1.54) is 12.1 Å². The van der Waals surface area contributed by atoms with Crippen LogP contribution in [0, 0.1) is 12.3 Å². The molecule has 154 valence electrons. The van der Waals surface area contributed by atoms with Gasteiger partial charge in [-0.25, -0.2) is 14.6 Å². The van der Waals surface area contributed by atoms with Gasteiger partial charge in [0.05, 0.1) is 25.4 Å². The lowest BCUT2D eigenvalue weighted by Crippen LogP contribution is -2.41. The van der Waals surface area contributed by atoms with E-state index in [1.54, 1.807) is 6.07 Å². The van der Waals surface area contributed by atoms with Gasteiger partial charge in [0.2, 0.25) is 5.91 Å². The first-order chi connectivity index (χ1) is 13.9. The number of nitrogens with one attached hydrogen (secondary N) is 1. The molecule has 2 rings (SSSR count). The maximum atomic E-state index is 12.6. The van der Waals surface area contributed by atoms with Crippen molar-refractivity contribution in [3.63, 3.8) is 0 Å². The molecule has 29 heavy (non-hydrogen) atoms. The van der Waals surface area contributed by atoms with Gasteiger partial charge in [-0.05, 0) is 25.0 Å². The van der Waals surface area contributed by atoms with Crippen molar-refractivity contribution in [2.75, 3.05) is 31.2 Å². The van der Waals surface area contributed by atoms with Gasteiger partial charge in [0.25, 0.3) is 0 Å². The summed E-state index contributed by atoms with van der Waals surface area (Å²) in [5.41, 5.74) is 0.148. The van der Waals surface area contributed by atoms with E-state index >= 15 is 0 Å². The molecule has 1 saturated heterocycles. The molecule has 0 unspecified atom stereocenters. The number of benzene rings is 1. The summed E-state index contributed by atoms with van der Waals surface area (Å²) in [6, 6.07) is 3.60. The lowest BCUT2D eigenvalue weighted by Gasteiger charge is -2.18. The van der Waals surface area contributed by atoms with E-state index < -0.39 is 30.3 Å². The summed E-state index contributed by atoms with van der Waals surface area (Å²) in [6.07, 6.45) is 6.60. The zero-order valence-electron chi connectivity index (χ0n) is 16.4. The van der Waals surface area contributed by atoms with Gasteiger partial charge in [-0.1, -0.05) is 19.8 Å². The standard InChI is InChI=1S/C20H23N3O6/c1-4-9-21-17(24)13-22-18(25)19(26)23(20(22)27)14-7-8-15(28-10-5-2)16(12-14)29-11-6-3/h1,7-8,12H,5-6,9-11,13H2,2-3H3,(H,21,24). The van der Waals surface area contributed by atoms with Gasteiger partial charge in [-0.2, -0.15) is 0 Å². The Hall–Kier alpha value is -3.54. The molecule has 0 aromatic heterocycles. The van der Waals surface area contributed by atoms with E-state index in [9.17, 15) is 19.2 Å². The first kappa shape index (κ1) is 21.8. The van der Waals surface area contributed by atoms with Crippen molar-refractivity contribution in [2.45, 2.75) is 26.7 Å². The SMILES string of the molecule is C#CCNC(=O)CN1C(=O)C(=O)N(c2ccc(OCCC)c(OCCC)c2)C1=O. The number of rotatable bonds is 10. The predicted octanol–water partition coefficient (Wildman–Crippen LogP) is 1.31. The maximum Gasteiger partial charge on any atom is 0.339 e. The van der Waals surface area contributed by atoms with Crippen LogP contribution in [-0.2, 0) is 14.4 Å². The average molecular weight is 401 g/mol. The lowest BCUT2D eigenvalue weighted by molar-refractivity contribution is -0.140. The highest BCUT2D eigenvalue weighted by molar-refractivity contribution is 6.53. The first-order valence-corrected chi connectivity index (χ1v) is 9.24. The maximum absolute atomic E-state index is 12.6. The zero-order valence-corrected chi connectivity index (χ0v) is 16.4. The Morgan fingerprint density at radius 2 is 1.72 bits per heavy atom. The van der Waals surface area contributed by atoms with Crippen molar-refractivity contribution in [3.05, 3.63) is 18.2 Å². The van der Waals surface area contributed by atoms with E-state index in [0.717, 1.165) is 12.8 Å². The van der Waals surface area contributed by atoms with Gasteiger partial charge >= 0.3 is 17.8 Å². The summed E-state index contributed by atoms with van der Waals surface area (Å²) in [4.78, 5) is 50.3. The molecule has 0 spiro atoms. The van der Waals surface area contributed by atoms with Gasteiger partial charge in [0.15, 0.2) is 11.5 Å². The number of imide groups is 2. The molecule has 1 N–H and O–H groups in total. The van der Waals surface area contributed by atoms with Crippen molar-refractivity contribution >= 4 is 29.4 Å². The number of carbonyl (C=O) groups excluding carboxylic acids is 4. The van der Waals surface area contributed by atoms with E-state index in [-0.39, 0.29) is 12.2 Å². The molecule has 9 heteroatoms. The van der Waals surface area contributed by atoms with Crippen molar-refractivity contribution < 1.29 is 28.7 Å². The van der Waals surface area contributed by atoms with Crippen LogP contribution < -0.4 is 19.7 Å². The van der Waals surface area contributed by atoms with E-state index in [0.29, 0.717) is 34.5 Å². The third-order valence-electron chi connectivity index (χ3n) is 3.85. The molecule has 0 radical (unpaired) electrons. The zero-order chi connectivity index (χ0) is 21.4. The molecular weight excluding hydrogens is 378 g/mol. The molecule has 1 aromatic carbocycles. The Morgan fingerprint density at radius 1 is 1.07 bits per heavy atom. The Labute approximate surface area is 168 Å². The second kappa shape index (κ2) is 10.1. The van der Waals surface area contributed by atoms with Crippen LogP contribution in [0.3, 0.4) is 0 Å². The average Bonchev–Trinajstić information content (AvgIpc) is 2.92. The fourth-order valence-electron chi connectivity index (χ4n) is 2.51. The van der Waals surface area contributed by atoms with Gasteiger partial charge in [-0.15, -0.1) is 6.42 Å². The summed E-state index contributed by atoms with van der Waals surface area (Å²) in [5.74, 6) is 0.252. The van der Waals surface area contributed by atoms with E-state index in [1.807, 2.05) is 13.8 Å². The van der Waals surface area contributed by atoms with Crippen LogP contribution in [0.5, 0.6) is 11.5 Å². The van der Waals surface area contributed by atoms with Gasteiger partial charge in [0, 0.05) is 6.07 Å². The molecule has 1 aliphatic rings. The topological polar surface area (TPSA) is 105 Å². The number of terminal acetylenes is 1. The van der Waals surface area contributed by atoms with Crippen LogP contribution in [0.25, 0.3) is 0 Å². The second-order valence-electron chi connectivity index (χ2n) is 6.12. The highest BCUT2D eigenvalue weighted by atomic mass is 16.5. The molecule has 0 bridgehead atoms. The Kier molecular flexibility index (Phi) is 7.60. The largest absolute Gasteiger partial charge is 0.490 e. The third-order valence-corrected chi connectivity index (χ3v) is 3.85. The monoisotopic (exact) mass is 401 g/mol. The molecule has 5 amide bonds. The summed E-state index contributed by atoms with van der Waals surface area (Å²) < 4.78 is 11.3. The first-order valence-electron chi connectivity index (χ1n) is 9.24. The molecule has 0 saturated carbocycles. The lowest BCUT2D eigenvalue weighted by atomic mass is 10.2. The van der Waals surface area contributed by atoms with E-state index in [2.05, 4.69) is 11.2 Å². The summed E-state index contributed by atoms with van der Waals surface area (Å²) in [7, 11) is 0. The molecule has 9 nitrogen and oxygen atoms in total. The molecule has 0 atom stereocenters. The van der Waals surface area contributed by atoms with Crippen molar-refractivity contribution in [2.24, 2.45) is 0 Å². The fourth-order valence-corrected chi connectivity index (χ4v) is 2.51. The van der Waals surface area contributed by atoms with Gasteiger partial charge in [0.1, 0.15) is 6.54 Å². The number of urea groups is 1. The molecule has 1 heterocycles. The number of carbonyl (C=O) groups is 4. The molecule has 0 aliphatic carbocycles. The molecule has 1 aliphatic heterocycles. The molecule has 1 fully saturated rings. The number of hydrogen-bond acceptors (Lipinski definition) is 6. The summed E-state index contributed by atoms with van der Waals surface area (Å²) >= 11 is 0. The Bertz CT molecular complexity index is 845. The quantitative estimate of drug-likeness (QED) is 0.360. The third kappa shape index (κ3) is 5.04. The second-order valence-corrected chi connectivity index (χ2v) is 6.12. The fraction of sp³-hybridized carbons (Fsp3) is 0.400. The highest BCUT2D eigenvalue weighted by Crippen LogP contribution is 2.34. The predicted molar refractivity (Wildman–Crippen MR) is 104 cm³/mol. The van der Waals surface area contributed by atoms with Crippen LogP contribution in [-0.4, -0.2) is 55.0 Å². The summed E-state index contributed by atoms with van der Waals surface area (Å²) in [6.45, 7) is 4.13. The van der Waals surface area contributed by atoms with Gasteiger partial charge in [-0.3, -0.25) is 14.4 Å². The van der Waals surface area contributed by atoms with Crippen molar-refractivity contribution in [1.29, 1.82) is 0 Å². The van der Waals surface area contributed by atoms with E-state index in [4.69, 9.17) is 15.9 Å². The normalized spacial score (nSPS) is 13.5. The Morgan fingerprint density at radius 3 is 2.34 bits per heavy atom. The number of hydrogen-bond donors (Lipinski definition) is 1. The Balaban J connectivity index is 2.27. The van der Waals surface area contributed by atoms with Crippen LogP contribution in [0.15, 0.2) is 18.2 Å². The van der Waals surface area contributed by atoms with Crippen molar-refractivity contribution in [1.82, 2.24) is 10.2 Å². The number of amides is 5. The van der Waals surface area contributed by atoms with Crippen LogP contribution >= 0.6 is 0 Å². The van der Waals surface area contributed by atoms with Crippen LogP contribution in [0.4, 0.5) is 10.5 Å². The number of ether oxygens (including phenoxy) is 2. The minimum Gasteiger partial charge on any atom is -0.490 e. The highest BCUT2D eigenvalue weighted by Gasteiger charge is 2.46. The van der Waals surface area contributed by atoms with Crippen molar-refractivity contribution in [3.8, 4) is 23.8 Å². The number of nitrogens with zero attached hydrogens (tertiary/aromatic N) is 2. The smallest absolute Gasteiger partial charge is 0.339 e. The van der Waals surface area contributed by atoms with Crippen LogP contribution in [0.2, 0.25) is 0 Å². The minimum atomic E-state index is -1.09. The minimum absolute atomic E-state index is 0.0515.